The van der Waals surface area contributed by atoms with Gasteiger partial charge in [-0.05, 0) is 74.3 Å². The Morgan fingerprint density at radius 2 is 1.81 bits per heavy atom. The van der Waals surface area contributed by atoms with Crippen LogP contribution < -0.4 is 10.5 Å². The average Bonchev–Trinajstić information content (AvgIpc) is 3.29. The molecule has 9 heteroatoms. The summed E-state index contributed by atoms with van der Waals surface area (Å²) in [4.78, 5) is 16.0. The number of piperidine rings is 1. The number of aromatic amines is 1. The van der Waals surface area contributed by atoms with Crippen LogP contribution in [0.2, 0.25) is 0 Å². The van der Waals surface area contributed by atoms with Crippen molar-refractivity contribution >= 4 is 32.5 Å². The van der Waals surface area contributed by atoms with Crippen LogP contribution in [-0.2, 0) is 14.8 Å². The van der Waals surface area contributed by atoms with Crippen molar-refractivity contribution in [2.24, 2.45) is 5.14 Å². The second-order valence-electron chi connectivity index (χ2n) is 9.25. The van der Waals surface area contributed by atoms with Gasteiger partial charge in [-0.2, -0.15) is 5.10 Å². The maximum atomic E-state index is 13.7. The predicted molar refractivity (Wildman–Crippen MR) is 141 cm³/mol. The molecular weight excluding hydrogens is 474 g/mol. The number of likely N-dealkylation sites (tertiary alicyclic amines) is 1. The third-order valence-electron chi connectivity index (χ3n) is 6.75. The second kappa shape index (κ2) is 9.85. The van der Waals surface area contributed by atoms with Gasteiger partial charge in [-0.25, -0.2) is 13.6 Å². The molecule has 1 atom stereocenters. The molecule has 1 saturated heterocycles. The number of sulfonamides is 1. The number of fused-ring (bicyclic) bond motifs is 1. The molecule has 1 fully saturated rings. The summed E-state index contributed by atoms with van der Waals surface area (Å²) in [6, 6.07) is 19.6. The number of nitrogens with one attached hydrogen (secondary N) is 2. The van der Waals surface area contributed by atoms with Gasteiger partial charge >= 0.3 is 0 Å². The molecule has 4 N–H and O–H groups in total. The first-order valence-corrected chi connectivity index (χ1v) is 13.6. The van der Waals surface area contributed by atoms with Crippen LogP contribution in [-0.4, -0.2) is 42.5 Å². The Labute approximate surface area is 210 Å². The van der Waals surface area contributed by atoms with Gasteiger partial charge in [-0.3, -0.25) is 14.8 Å². The number of aromatic nitrogens is 2. The molecule has 5 rings (SSSR count). The van der Waals surface area contributed by atoms with Gasteiger partial charge < -0.3 is 5.32 Å². The molecular formula is C27H29N5O3S. The van der Waals surface area contributed by atoms with Gasteiger partial charge in [-0.15, -0.1) is 0 Å². The van der Waals surface area contributed by atoms with Crippen molar-refractivity contribution in [1.82, 2.24) is 15.1 Å². The number of aryl methyl sites for hydroxylation is 1. The molecule has 3 aromatic carbocycles. The molecule has 0 bridgehead atoms. The number of rotatable bonds is 6. The van der Waals surface area contributed by atoms with Crippen LogP contribution in [0.4, 0.5) is 5.69 Å². The highest BCUT2D eigenvalue weighted by Gasteiger charge is 2.30. The first kappa shape index (κ1) is 24.2. The summed E-state index contributed by atoms with van der Waals surface area (Å²) in [5.41, 5.74) is 4.72. The largest absolute Gasteiger partial charge is 0.324 e. The minimum Gasteiger partial charge on any atom is -0.324 e. The molecule has 2 heterocycles. The number of H-pyrrole nitrogens is 1. The second-order valence-corrected chi connectivity index (χ2v) is 10.8. The molecule has 0 spiro atoms. The van der Waals surface area contributed by atoms with Crippen LogP contribution in [0.5, 0.6) is 0 Å². The van der Waals surface area contributed by atoms with Crippen molar-refractivity contribution in [3.05, 3.63) is 77.9 Å². The number of anilines is 1. The van der Waals surface area contributed by atoms with Crippen LogP contribution in [0.1, 0.15) is 36.4 Å². The van der Waals surface area contributed by atoms with E-state index in [1.165, 1.54) is 18.6 Å². The molecule has 0 saturated carbocycles. The highest BCUT2D eigenvalue weighted by atomic mass is 32.2. The zero-order valence-corrected chi connectivity index (χ0v) is 20.9. The Hall–Kier alpha value is -3.53. The van der Waals surface area contributed by atoms with E-state index in [2.05, 4.69) is 20.4 Å². The Bertz CT molecular complexity index is 1520. The molecule has 1 aliphatic heterocycles. The summed E-state index contributed by atoms with van der Waals surface area (Å²) >= 11 is 0. The van der Waals surface area contributed by atoms with E-state index >= 15 is 0 Å². The number of amides is 1. The van der Waals surface area contributed by atoms with Gasteiger partial charge in [0.2, 0.25) is 15.9 Å². The Balaban J connectivity index is 1.48. The number of nitrogens with two attached hydrogens (primary N) is 1. The van der Waals surface area contributed by atoms with E-state index in [1.54, 1.807) is 12.1 Å². The fourth-order valence-electron chi connectivity index (χ4n) is 4.92. The fourth-order valence-corrected chi connectivity index (χ4v) is 5.48. The molecule has 0 radical (unpaired) electrons. The number of nitrogens with zero attached hydrogens (tertiary/aromatic N) is 2. The molecule has 1 aliphatic rings. The third-order valence-corrected chi connectivity index (χ3v) is 7.66. The van der Waals surface area contributed by atoms with E-state index in [-0.39, 0.29) is 16.8 Å². The van der Waals surface area contributed by atoms with E-state index in [0.717, 1.165) is 48.0 Å². The van der Waals surface area contributed by atoms with Gasteiger partial charge in [-0.1, -0.05) is 42.8 Å². The van der Waals surface area contributed by atoms with Crippen LogP contribution >= 0.6 is 0 Å². The number of carbonyl (C=O) groups excluding carboxylic acids is 1. The molecule has 1 unspecified atom stereocenters. The zero-order chi connectivity index (χ0) is 25.3. The molecule has 1 amide bonds. The van der Waals surface area contributed by atoms with Crippen molar-refractivity contribution in [2.75, 3.05) is 18.4 Å². The van der Waals surface area contributed by atoms with Crippen molar-refractivity contribution < 1.29 is 13.2 Å². The first-order chi connectivity index (χ1) is 17.3. The smallest absolute Gasteiger partial charge is 0.246 e. The molecule has 4 aromatic rings. The number of carbonyl (C=O) groups is 1. The summed E-state index contributed by atoms with van der Waals surface area (Å²) in [6.45, 7) is 3.81. The summed E-state index contributed by atoms with van der Waals surface area (Å²) in [7, 11) is -3.84. The molecule has 8 nitrogen and oxygen atoms in total. The number of primary sulfonamides is 1. The maximum Gasteiger partial charge on any atom is 0.246 e. The minimum atomic E-state index is -3.84. The van der Waals surface area contributed by atoms with Crippen molar-refractivity contribution in [2.45, 2.75) is 37.1 Å². The molecule has 1 aromatic heterocycles. The van der Waals surface area contributed by atoms with E-state index in [0.29, 0.717) is 16.9 Å². The quantitative estimate of drug-likeness (QED) is 0.361. The normalized spacial score (nSPS) is 15.6. The van der Waals surface area contributed by atoms with Crippen LogP contribution in [0.3, 0.4) is 0 Å². The Kier molecular flexibility index (Phi) is 6.61. The number of benzene rings is 3. The van der Waals surface area contributed by atoms with Crippen molar-refractivity contribution in [3.63, 3.8) is 0 Å². The lowest BCUT2D eigenvalue weighted by molar-refractivity contribution is -0.122. The maximum absolute atomic E-state index is 13.7. The average molecular weight is 504 g/mol. The summed E-state index contributed by atoms with van der Waals surface area (Å²) in [5.74, 6) is -0.0770. The van der Waals surface area contributed by atoms with Crippen LogP contribution in [0, 0.1) is 6.92 Å². The Morgan fingerprint density at radius 1 is 1.03 bits per heavy atom. The van der Waals surface area contributed by atoms with Crippen molar-refractivity contribution in [1.29, 1.82) is 0 Å². The van der Waals surface area contributed by atoms with Crippen LogP contribution in [0.25, 0.3) is 22.2 Å². The first-order valence-electron chi connectivity index (χ1n) is 12.0. The fraction of sp³-hybridized carbons (Fsp3) is 0.259. The third kappa shape index (κ3) is 4.90. The SMILES string of the molecule is Cc1ccccc1C(C(=O)Nc1ccc2[nH]nc(-c3cccc(S(N)(=O)=O)c3)c2c1)N1CCCCC1. The standard InChI is InChI=1S/C27H29N5O3S/c1-18-8-3-4-11-22(18)26(32-14-5-2-6-15-32)27(33)29-20-12-13-24-23(17-20)25(31-30-24)19-9-7-10-21(16-19)36(28,34)35/h3-4,7-13,16-17,26H,2,5-6,14-15H2,1H3,(H,29,33)(H,30,31)(H2,28,34,35). The lowest BCUT2D eigenvalue weighted by atomic mass is 9.97. The minimum absolute atomic E-state index is 0.0169. The predicted octanol–water partition coefficient (Wildman–Crippen LogP) is 4.35. The Morgan fingerprint density at radius 3 is 2.56 bits per heavy atom. The summed E-state index contributed by atoms with van der Waals surface area (Å²) in [5, 5.41) is 16.6. The molecule has 186 valence electrons. The van der Waals surface area contributed by atoms with Crippen molar-refractivity contribution in [3.8, 4) is 11.3 Å². The number of hydrogen-bond donors (Lipinski definition) is 3. The van der Waals surface area contributed by atoms with Gasteiger partial charge in [0.15, 0.2) is 0 Å². The van der Waals surface area contributed by atoms with E-state index in [9.17, 15) is 13.2 Å². The number of hydrogen-bond acceptors (Lipinski definition) is 5. The molecule has 36 heavy (non-hydrogen) atoms. The van der Waals surface area contributed by atoms with E-state index in [4.69, 9.17) is 5.14 Å². The lowest BCUT2D eigenvalue weighted by Crippen LogP contribution is -2.40. The highest BCUT2D eigenvalue weighted by Crippen LogP contribution is 2.32. The summed E-state index contributed by atoms with van der Waals surface area (Å²) < 4.78 is 23.7. The van der Waals surface area contributed by atoms with Gasteiger partial charge in [0.05, 0.1) is 10.4 Å². The highest BCUT2D eigenvalue weighted by molar-refractivity contribution is 7.89. The van der Waals surface area contributed by atoms with Gasteiger partial charge in [0.25, 0.3) is 0 Å². The lowest BCUT2D eigenvalue weighted by Gasteiger charge is -2.34. The van der Waals surface area contributed by atoms with Crippen LogP contribution in [0.15, 0.2) is 71.6 Å². The van der Waals surface area contributed by atoms with E-state index < -0.39 is 10.0 Å². The van der Waals surface area contributed by atoms with E-state index in [1.807, 2.05) is 49.4 Å². The topological polar surface area (TPSA) is 121 Å². The van der Waals surface area contributed by atoms with Gasteiger partial charge in [0, 0.05) is 16.6 Å². The van der Waals surface area contributed by atoms with Gasteiger partial charge in [0.1, 0.15) is 11.7 Å². The molecule has 0 aliphatic carbocycles. The monoisotopic (exact) mass is 503 g/mol. The zero-order valence-electron chi connectivity index (χ0n) is 20.1. The summed E-state index contributed by atoms with van der Waals surface area (Å²) in [6.07, 6.45) is 3.35.